The van der Waals surface area contributed by atoms with Crippen LogP contribution in [0.3, 0.4) is 0 Å². The van der Waals surface area contributed by atoms with E-state index in [1.54, 1.807) is 0 Å². The lowest BCUT2D eigenvalue weighted by molar-refractivity contribution is -0.660. The van der Waals surface area contributed by atoms with Crippen molar-refractivity contribution in [2.24, 2.45) is 7.05 Å². The number of aromatic nitrogens is 1. The van der Waals surface area contributed by atoms with Crippen molar-refractivity contribution in [1.82, 2.24) is 0 Å². The van der Waals surface area contributed by atoms with E-state index < -0.39 is 0 Å². The van der Waals surface area contributed by atoms with Crippen LogP contribution in [-0.4, -0.2) is 0 Å². The number of rotatable bonds is 5. The highest BCUT2D eigenvalue weighted by molar-refractivity contribution is 5.63. The van der Waals surface area contributed by atoms with Crippen LogP contribution >= 0.6 is 0 Å². The first-order valence-electron chi connectivity index (χ1n) is 8.58. The minimum atomic E-state index is 0.562. The molecule has 118 valence electrons. The molecule has 0 N–H and O–H groups in total. The second kappa shape index (κ2) is 7.09. The molecule has 0 aliphatic rings. The summed E-state index contributed by atoms with van der Waals surface area (Å²) in [5, 5.41) is 0. The van der Waals surface area contributed by atoms with Gasteiger partial charge >= 0.3 is 0 Å². The van der Waals surface area contributed by atoms with Crippen molar-refractivity contribution in [3.63, 3.8) is 0 Å². The van der Waals surface area contributed by atoms with Crippen LogP contribution in [0.2, 0.25) is 0 Å². The molecule has 0 aliphatic carbocycles. The molecule has 2 aromatic rings. The number of hydrogen-bond acceptors (Lipinski definition) is 0. The van der Waals surface area contributed by atoms with Crippen LogP contribution in [0.4, 0.5) is 0 Å². The zero-order valence-electron chi connectivity index (χ0n) is 15.0. The highest BCUT2D eigenvalue weighted by Crippen LogP contribution is 2.29. The second-order valence-electron chi connectivity index (χ2n) is 6.70. The normalized spacial score (nSPS) is 11.5. The molecule has 1 aromatic heterocycles. The summed E-state index contributed by atoms with van der Waals surface area (Å²) in [6.07, 6.45) is 4.62. The third-order valence-corrected chi connectivity index (χ3v) is 4.84. The number of benzene rings is 1. The third kappa shape index (κ3) is 3.40. The predicted octanol–water partition coefficient (Wildman–Crippen LogP) is 5.51. The molecule has 0 fully saturated rings. The van der Waals surface area contributed by atoms with E-state index in [9.17, 15) is 0 Å². The van der Waals surface area contributed by atoms with Gasteiger partial charge in [0.25, 0.3) is 0 Å². The van der Waals surface area contributed by atoms with Gasteiger partial charge in [-0.15, -0.1) is 0 Å². The van der Waals surface area contributed by atoms with Gasteiger partial charge in [-0.05, 0) is 54.4 Å². The molecule has 0 spiro atoms. The predicted molar refractivity (Wildman–Crippen MR) is 95.2 cm³/mol. The van der Waals surface area contributed by atoms with Crippen molar-refractivity contribution in [1.29, 1.82) is 0 Å². The molecule has 0 saturated carbocycles. The highest BCUT2D eigenvalue weighted by atomic mass is 14.9. The average molecular weight is 296 g/mol. The molecular weight excluding hydrogens is 266 g/mol. The molecule has 0 radical (unpaired) electrons. The zero-order chi connectivity index (χ0) is 16.3. The number of aryl methyl sites for hydroxylation is 2. The van der Waals surface area contributed by atoms with Crippen molar-refractivity contribution < 1.29 is 4.57 Å². The molecule has 1 heteroatoms. The Morgan fingerprint density at radius 1 is 0.955 bits per heavy atom. The summed E-state index contributed by atoms with van der Waals surface area (Å²) in [5.41, 5.74) is 6.91. The Morgan fingerprint density at radius 3 is 2.23 bits per heavy atom. The molecule has 0 bridgehead atoms. The molecule has 0 amide bonds. The minimum Gasteiger partial charge on any atom is -0.201 e. The lowest BCUT2D eigenvalue weighted by Crippen LogP contribution is -2.31. The molecule has 0 unspecified atom stereocenters. The molecule has 22 heavy (non-hydrogen) atoms. The van der Waals surface area contributed by atoms with E-state index in [4.69, 9.17) is 0 Å². The van der Waals surface area contributed by atoms with Crippen molar-refractivity contribution in [3.8, 4) is 11.3 Å². The zero-order valence-corrected chi connectivity index (χ0v) is 15.0. The lowest BCUT2D eigenvalue weighted by Gasteiger charge is -2.14. The molecular formula is C21H30N+. The summed E-state index contributed by atoms with van der Waals surface area (Å²) in [6, 6.07) is 11.6. The fourth-order valence-electron chi connectivity index (χ4n) is 3.14. The van der Waals surface area contributed by atoms with E-state index in [1.165, 1.54) is 40.8 Å². The highest BCUT2D eigenvalue weighted by Gasteiger charge is 2.17. The van der Waals surface area contributed by atoms with Gasteiger partial charge in [0, 0.05) is 17.7 Å². The summed E-state index contributed by atoms with van der Waals surface area (Å²) >= 11 is 0. The Hall–Kier alpha value is -1.63. The summed E-state index contributed by atoms with van der Waals surface area (Å²) in [5.74, 6) is 1.22. The first-order valence-corrected chi connectivity index (χ1v) is 8.58. The lowest BCUT2D eigenvalue weighted by atomic mass is 9.91. The third-order valence-electron chi connectivity index (χ3n) is 4.84. The maximum absolute atomic E-state index is 2.39. The Balaban J connectivity index is 2.56. The second-order valence-corrected chi connectivity index (χ2v) is 6.70. The van der Waals surface area contributed by atoms with Gasteiger partial charge in [-0.3, -0.25) is 0 Å². The van der Waals surface area contributed by atoms with Crippen LogP contribution in [0.25, 0.3) is 11.3 Å². The Kier molecular flexibility index (Phi) is 5.39. The fraction of sp³-hybridized carbons (Fsp3) is 0.476. The van der Waals surface area contributed by atoms with Crippen molar-refractivity contribution >= 4 is 0 Å². The number of pyridine rings is 1. The topological polar surface area (TPSA) is 3.88 Å². The standard InChI is InChI=1S/C21H30N/c1-7-17(8-2)19-11-12-22(6)21(14-19)20-13-18(15(3)4)10-9-16(20)5/h9-15,17H,7-8H2,1-6H3/q+1. The fourth-order valence-corrected chi connectivity index (χ4v) is 3.14. The monoisotopic (exact) mass is 296 g/mol. The van der Waals surface area contributed by atoms with E-state index in [-0.39, 0.29) is 0 Å². The summed E-state index contributed by atoms with van der Waals surface area (Å²) in [7, 11) is 2.15. The van der Waals surface area contributed by atoms with Crippen LogP contribution in [0, 0.1) is 6.92 Å². The number of hydrogen-bond donors (Lipinski definition) is 0. The van der Waals surface area contributed by atoms with Gasteiger partial charge in [0.15, 0.2) is 6.20 Å². The SMILES string of the molecule is CCC(CC)c1cc[n+](C)c(-c2cc(C(C)C)ccc2C)c1. The van der Waals surface area contributed by atoms with Crippen LogP contribution in [0.1, 0.15) is 69.1 Å². The maximum atomic E-state index is 2.39. The van der Waals surface area contributed by atoms with Crippen LogP contribution in [0.5, 0.6) is 0 Å². The van der Waals surface area contributed by atoms with Crippen molar-refractivity contribution in [2.75, 3.05) is 0 Å². The van der Waals surface area contributed by atoms with E-state index in [2.05, 4.69) is 82.8 Å². The molecule has 2 rings (SSSR count). The largest absolute Gasteiger partial charge is 0.212 e. The molecule has 0 atom stereocenters. The van der Waals surface area contributed by atoms with Gasteiger partial charge in [-0.2, -0.15) is 0 Å². The molecule has 1 nitrogen and oxygen atoms in total. The Labute approximate surface area is 136 Å². The van der Waals surface area contributed by atoms with Crippen molar-refractivity contribution in [3.05, 3.63) is 53.2 Å². The van der Waals surface area contributed by atoms with E-state index in [1.807, 2.05) is 0 Å². The van der Waals surface area contributed by atoms with Gasteiger partial charge in [0.1, 0.15) is 7.05 Å². The first kappa shape index (κ1) is 16.7. The Bertz CT molecular complexity index is 636. The Morgan fingerprint density at radius 2 is 1.64 bits per heavy atom. The van der Waals surface area contributed by atoms with Gasteiger partial charge < -0.3 is 0 Å². The molecule has 1 aromatic carbocycles. The van der Waals surface area contributed by atoms with Gasteiger partial charge in [-0.25, -0.2) is 4.57 Å². The smallest absolute Gasteiger partial charge is 0.201 e. The molecule has 0 saturated heterocycles. The summed E-state index contributed by atoms with van der Waals surface area (Å²) in [6.45, 7) is 11.3. The summed E-state index contributed by atoms with van der Waals surface area (Å²) < 4.78 is 2.25. The van der Waals surface area contributed by atoms with Gasteiger partial charge in [0.2, 0.25) is 5.69 Å². The van der Waals surface area contributed by atoms with E-state index >= 15 is 0 Å². The van der Waals surface area contributed by atoms with Crippen LogP contribution < -0.4 is 4.57 Å². The van der Waals surface area contributed by atoms with Crippen molar-refractivity contribution in [2.45, 2.75) is 59.3 Å². The first-order chi connectivity index (χ1) is 10.5. The van der Waals surface area contributed by atoms with E-state index in [0.717, 1.165) is 0 Å². The van der Waals surface area contributed by atoms with Gasteiger partial charge in [-0.1, -0.05) is 39.8 Å². The maximum Gasteiger partial charge on any atom is 0.212 e. The quantitative estimate of drug-likeness (QED) is 0.640. The van der Waals surface area contributed by atoms with Crippen LogP contribution in [-0.2, 0) is 7.05 Å². The summed E-state index contributed by atoms with van der Waals surface area (Å²) in [4.78, 5) is 0. The van der Waals surface area contributed by atoms with E-state index in [0.29, 0.717) is 11.8 Å². The minimum absolute atomic E-state index is 0.562. The molecule has 0 aliphatic heterocycles. The van der Waals surface area contributed by atoms with Gasteiger partial charge in [0.05, 0.1) is 0 Å². The van der Waals surface area contributed by atoms with Crippen LogP contribution in [0.15, 0.2) is 36.5 Å². The average Bonchev–Trinajstić information content (AvgIpc) is 2.50. The number of nitrogens with zero attached hydrogens (tertiary/aromatic N) is 1. The molecule has 1 heterocycles.